The number of rotatable bonds is 2. The van der Waals surface area contributed by atoms with Crippen molar-refractivity contribution in [2.75, 3.05) is 5.32 Å². The minimum atomic E-state index is -0.200. The minimum absolute atomic E-state index is 0.0883. The Morgan fingerprint density at radius 1 is 1.15 bits per heavy atom. The maximum atomic E-state index is 12.0. The molecule has 0 radical (unpaired) electrons. The molecular weight excluding hydrogens is 272 g/mol. The van der Waals surface area contributed by atoms with E-state index in [0.717, 1.165) is 12.8 Å². The molecule has 20 heavy (non-hydrogen) atoms. The van der Waals surface area contributed by atoms with Gasteiger partial charge in [-0.05, 0) is 42.2 Å². The molecular formula is C16H15ClN2O. The number of urea groups is 1. The van der Waals surface area contributed by atoms with Crippen LogP contribution in [0.4, 0.5) is 10.5 Å². The summed E-state index contributed by atoms with van der Waals surface area (Å²) >= 11 is 5.89. The van der Waals surface area contributed by atoms with Crippen molar-refractivity contribution in [3.05, 3.63) is 64.7 Å². The van der Waals surface area contributed by atoms with E-state index < -0.39 is 0 Å². The highest BCUT2D eigenvalue weighted by atomic mass is 35.5. The van der Waals surface area contributed by atoms with E-state index >= 15 is 0 Å². The molecule has 102 valence electrons. The average molecular weight is 287 g/mol. The highest BCUT2D eigenvalue weighted by Gasteiger charge is 2.23. The lowest BCUT2D eigenvalue weighted by molar-refractivity contribution is 0.248. The van der Waals surface area contributed by atoms with Gasteiger partial charge < -0.3 is 10.6 Å². The molecule has 4 heteroatoms. The van der Waals surface area contributed by atoms with Crippen LogP contribution < -0.4 is 10.6 Å². The zero-order valence-corrected chi connectivity index (χ0v) is 11.7. The molecule has 0 aliphatic heterocycles. The van der Waals surface area contributed by atoms with Gasteiger partial charge in [-0.15, -0.1) is 0 Å². The maximum Gasteiger partial charge on any atom is 0.319 e. The first-order valence-electron chi connectivity index (χ1n) is 6.63. The van der Waals surface area contributed by atoms with Crippen LogP contribution in [-0.4, -0.2) is 6.03 Å². The van der Waals surface area contributed by atoms with Crippen LogP contribution in [0.3, 0.4) is 0 Å². The lowest BCUT2D eigenvalue weighted by atomic mass is 10.1. The molecule has 0 bridgehead atoms. The van der Waals surface area contributed by atoms with Crippen LogP contribution in [0.2, 0.25) is 5.02 Å². The average Bonchev–Trinajstić information content (AvgIpc) is 2.82. The van der Waals surface area contributed by atoms with Crippen LogP contribution in [0.5, 0.6) is 0 Å². The largest absolute Gasteiger partial charge is 0.331 e. The molecule has 1 atom stereocenters. The quantitative estimate of drug-likeness (QED) is 0.855. The van der Waals surface area contributed by atoms with Gasteiger partial charge in [-0.25, -0.2) is 4.79 Å². The van der Waals surface area contributed by atoms with Crippen LogP contribution in [0.1, 0.15) is 23.6 Å². The van der Waals surface area contributed by atoms with Crippen LogP contribution >= 0.6 is 11.6 Å². The van der Waals surface area contributed by atoms with E-state index in [1.807, 2.05) is 24.3 Å². The fourth-order valence-corrected chi connectivity index (χ4v) is 2.79. The number of hydrogen-bond acceptors (Lipinski definition) is 1. The Kier molecular flexibility index (Phi) is 3.61. The number of anilines is 1. The Hall–Kier alpha value is -2.00. The third-order valence-corrected chi connectivity index (χ3v) is 3.76. The molecule has 0 spiro atoms. The third kappa shape index (κ3) is 2.78. The van der Waals surface area contributed by atoms with Crippen LogP contribution in [0, 0.1) is 0 Å². The lowest BCUT2D eigenvalue weighted by Crippen LogP contribution is -2.31. The van der Waals surface area contributed by atoms with Crippen molar-refractivity contribution in [2.24, 2.45) is 0 Å². The summed E-state index contributed by atoms with van der Waals surface area (Å²) in [5.74, 6) is 0. The molecule has 2 N–H and O–H groups in total. The van der Waals surface area contributed by atoms with Crippen molar-refractivity contribution < 1.29 is 4.79 Å². The third-order valence-electron chi connectivity index (χ3n) is 3.52. The number of fused-ring (bicyclic) bond motifs is 1. The highest BCUT2D eigenvalue weighted by molar-refractivity contribution is 6.30. The van der Waals surface area contributed by atoms with E-state index in [1.54, 1.807) is 12.1 Å². The van der Waals surface area contributed by atoms with Gasteiger partial charge in [0.2, 0.25) is 0 Å². The standard InChI is InChI=1S/C16H15ClN2O/c17-12-5-3-6-13(10-12)18-16(20)19-15-9-8-11-4-1-2-7-14(11)15/h1-7,10,15H,8-9H2,(H2,18,19,20)/t15-/m1/s1. The topological polar surface area (TPSA) is 41.1 Å². The summed E-state index contributed by atoms with van der Waals surface area (Å²) in [5, 5.41) is 6.42. The maximum absolute atomic E-state index is 12.0. The Labute approximate surface area is 123 Å². The van der Waals surface area contributed by atoms with Crippen LogP contribution in [0.25, 0.3) is 0 Å². The predicted molar refractivity (Wildman–Crippen MR) is 81.1 cm³/mol. The monoisotopic (exact) mass is 286 g/mol. The number of carbonyl (C=O) groups excluding carboxylic acids is 1. The van der Waals surface area contributed by atoms with Gasteiger partial charge in [0.25, 0.3) is 0 Å². The predicted octanol–water partition coefficient (Wildman–Crippen LogP) is 4.15. The molecule has 2 amide bonds. The fraction of sp³-hybridized carbons (Fsp3) is 0.188. The van der Waals surface area contributed by atoms with E-state index in [4.69, 9.17) is 11.6 Å². The molecule has 0 aromatic heterocycles. The molecule has 1 aliphatic carbocycles. The molecule has 0 saturated carbocycles. The number of benzene rings is 2. The molecule has 0 heterocycles. The van der Waals surface area contributed by atoms with Gasteiger partial charge in [0.15, 0.2) is 0 Å². The zero-order valence-electron chi connectivity index (χ0n) is 10.9. The minimum Gasteiger partial charge on any atom is -0.331 e. The Morgan fingerprint density at radius 3 is 2.85 bits per heavy atom. The van der Waals surface area contributed by atoms with Gasteiger partial charge >= 0.3 is 6.03 Å². The summed E-state index contributed by atoms with van der Waals surface area (Å²) in [5.41, 5.74) is 3.23. The number of nitrogens with one attached hydrogen (secondary N) is 2. The molecule has 0 saturated heterocycles. The molecule has 1 aliphatic rings. The van der Waals surface area contributed by atoms with Crippen LogP contribution in [-0.2, 0) is 6.42 Å². The second-order valence-corrected chi connectivity index (χ2v) is 5.34. The van der Waals surface area contributed by atoms with E-state index in [9.17, 15) is 4.79 Å². The molecule has 2 aromatic rings. The van der Waals surface area contributed by atoms with Gasteiger partial charge in [0.05, 0.1) is 6.04 Å². The number of amides is 2. The van der Waals surface area contributed by atoms with Crippen molar-refractivity contribution >= 4 is 23.3 Å². The molecule has 3 rings (SSSR count). The summed E-state index contributed by atoms with van der Waals surface area (Å²) in [6.07, 6.45) is 1.96. The normalized spacial score (nSPS) is 16.6. The van der Waals surface area contributed by atoms with Crippen molar-refractivity contribution in [1.29, 1.82) is 0 Å². The Balaban J connectivity index is 1.66. The molecule has 2 aromatic carbocycles. The zero-order chi connectivity index (χ0) is 13.9. The number of hydrogen-bond donors (Lipinski definition) is 2. The van der Waals surface area contributed by atoms with E-state index in [2.05, 4.69) is 22.8 Å². The lowest BCUT2D eigenvalue weighted by Gasteiger charge is -2.15. The Morgan fingerprint density at radius 2 is 2.00 bits per heavy atom. The second-order valence-electron chi connectivity index (χ2n) is 4.90. The molecule has 0 unspecified atom stereocenters. The summed E-state index contributed by atoms with van der Waals surface area (Å²) in [4.78, 5) is 12.0. The van der Waals surface area contributed by atoms with Crippen molar-refractivity contribution in [3.8, 4) is 0 Å². The summed E-state index contributed by atoms with van der Waals surface area (Å²) in [7, 11) is 0. The van der Waals surface area contributed by atoms with E-state index in [1.165, 1.54) is 11.1 Å². The first-order chi connectivity index (χ1) is 9.72. The molecule has 3 nitrogen and oxygen atoms in total. The van der Waals surface area contributed by atoms with Gasteiger partial charge in [-0.2, -0.15) is 0 Å². The van der Waals surface area contributed by atoms with Gasteiger partial charge in [-0.1, -0.05) is 41.9 Å². The van der Waals surface area contributed by atoms with Gasteiger partial charge in [-0.3, -0.25) is 0 Å². The molecule has 0 fully saturated rings. The number of carbonyl (C=O) groups is 1. The second kappa shape index (κ2) is 5.55. The number of halogens is 1. The number of aryl methyl sites for hydroxylation is 1. The van der Waals surface area contributed by atoms with Crippen LogP contribution in [0.15, 0.2) is 48.5 Å². The van der Waals surface area contributed by atoms with Gasteiger partial charge in [0.1, 0.15) is 0 Å². The Bertz CT molecular complexity index is 642. The smallest absolute Gasteiger partial charge is 0.319 e. The highest BCUT2D eigenvalue weighted by Crippen LogP contribution is 2.30. The summed E-state index contributed by atoms with van der Waals surface area (Å²) in [6, 6.07) is 15.2. The van der Waals surface area contributed by atoms with E-state index in [0.29, 0.717) is 10.7 Å². The van der Waals surface area contributed by atoms with Crippen molar-refractivity contribution in [2.45, 2.75) is 18.9 Å². The summed E-state index contributed by atoms with van der Waals surface area (Å²) < 4.78 is 0. The van der Waals surface area contributed by atoms with Crippen molar-refractivity contribution in [3.63, 3.8) is 0 Å². The van der Waals surface area contributed by atoms with Crippen molar-refractivity contribution in [1.82, 2.24) is 5.32 Å². The van der Waals surface area contributed by atoms with E-state index in [-0.39, 0.29) is 12.1 Å². The first kappa shape index (κ1) is 13.0. The summed E-state index contributed by atoms with van der Waals surface area (Å²) in [6.45, 7) is 0. The fourth-order valence-electron chi connectivity index (χ4n) is 2.60. The first-order valence-corrected chi connectivity index (χ1v) is 7.01. The van der Waals surface area contributed by atoms with Gasteiger partial charge in [0, 0.05) is 10.7 Å². The SMILES string of the molecule is O=C(Nc1cccc(Cl)c1)N[C@@H]1CCc2ccccc21.